The molecule has 2 aromatic carbocycles. The van der Waals surface area contributed by atoms with Crippen molar-refractivity contribution in [3.05, 3.63) is 53.1 Å². The van der Waals surface area contributed by atoms with E-state index in [1.54, 1.807) is 14.2 Å². The minimum atomic E-state index is -0.247. The second kappa shape index (κ2) is 10.5. The molecule has 0 saturated heterocycles. The molecule has 0 aliphatic carbocycles. The van der Waals surface area contributed by atoms with Gasteiger partial charge in [-0.2, -0.15) is 0 Å². The minimum Gasteiger partial charge on any atom is -0.493 e. The number of carbonyl (C=O) groups excluding carboxylic acids is 2. The van der Waals surface area contributed by atoms with Gasteiger partial charge in [0.15, 0.2) is 18.0 Å². The molecule has 0 spiro atoms. The number of rotatable bonds is 9. The summed E-state index contributed by atoms with van der Waals surface area (Å²) < 4.78 is 10.7. The van der Waals surface area contributed by atoms with E-state index in [1.165, 1.54) is 0 Å². The Bertz CT molecular complexity index is 847. The average Bonchev–Trinajstić information content (AvgIpc) is 2.69. The maximum atomic E-state index is 12.2. The molecule has 0 heterocycles. The normalized spacial score (nSPS) is 11.5. The Morgan fingerprint density at radius 2 is 1.62 bits per heavy atom. The van der Waals surface area contributed by atoms with Crippen molar-refractivity contribution in [2.24, 2.45) is 0 Å². The first-order valence-electron chi connectivity index (χ1n) is 9.49. The molecule has 0 aromatic heterocycles. The Morgan fingerprint density at radius 3 is 2.24 bits per heavy atom. The fraction of sp³-hybridized carbons (Fsp3) is 0.364. The second-order valence-electron chi connectivity index (χ2n) is 7.06. The molecule has 0 bridgehead atoms. The molecule has 7 heteroatoms. The summed E-state index contributed by atoms with van der Waals surface area (Å²) in [6.07, 6.45) is 0. The van der Waals surface area contributed by atoms with Gasteiger partial charge in [-0.15, -0.1) is 0 Å². The predicted molar refractivity (Wildman–Crippen MR) is 113 cm³/mol. The van der Waals surface area contributed by atoms with Gasteiger partial charge >= 0.3 is 0 Å². The number of methoxy groups -OCH3 is 2. The van der Waals surface area contributed by atoms with Gasteiger partial charge in [0.1, 0.15) is 6.54 Å². The molecule has 0 aliphatic rings. The van der Waals surface area contributed by atoms with Crippen LogP contribution < -0.4 is 25.0 Å². The van der Waals surface area contributed by atoms with Crippen molar-refractivity contribution in [3.63, 3.8) is 0 Å². The van der Waals surface area contributed by atoms with Crippen molar-refractivity contribution in [1.82, 2.24) is 5.32 Å². The number of ether oxygens (including phenoxy) is 2. The van der Waals surface area contributed by atoms with Crippen molar-refractivity contribution in [2.75, 3.05) is 39.7 Å². The Balaban J connectivity index is 1.85. The Labute approximate surface area is 172 Å². The number of anilines is 1. The van der Waals surface area contributed by atoms with Crippen LogP contribution in [0.5, 0.6) is 11.5 Å². The number of amides is 2. The summed E-state index contributed by atoms with van der Waals surface area (Å²) in [5, 5.41) is 5.55. The number of nitrogens with one attached hydrogen (secondary N) is 3. The molecule has 0 radical (unpaired) electrons. The highest BCUT2D eigenvalue weighted by Crippen LogP contribution is 2.30. The molecule has 3 N–H and O–H groups in total. The molecule has 29 heavy (non-hydrogen) atoms. The third-order valence-corrected chi connectivity index (χ3v) is 4.63. The monoisotopic (exact) mass is 400 g/mol. The van der Waals surface area contributed by atoms with Gasteiger partial charge in [0, 0.05) is 5.69 Å². The molecule has 0 aliphatic heterocycles. The number of carbonyl (C=O) groups is 2. The summed E-state index contributed by atoms with van der Waals surface area (Å²) >= 11 is 0. The van der Waals surface area contributed by atoms with E-state index >= 15 is 0 Å². The number of para-hydroxylation sites is 2. The van der Waals surface area contributed by atoms with Gasteiger partial charge in [0.2, 0.25) is 5.91 Å². The predicted octanol–water partition coefficient (Wildman–Crippen LogP) is 1.09. The summed E-state index contributed by atoms with van der Waals surface area (Å²) in [6, 6.07) is 11.5. The van der Waals surface area contributed by atoms with E-state index in [9.17, 15) is 9.59 Å². The summed E-state index contributed by atoms with van der Waals surface area (Å²) in [7, 11) is 5.10. The van der Waals surface area contributed by atoms with Crippen molar-refractivity contribution in [3.8, 4) is 11.5 Å². The van der Waals surface area contributed by atoms with Crippen molar-refractivity contribution < 1.29 is 24.0 Å². The summed E-state index contributed by atoms with van der Waals surface area (Å²) in [5.41, 5.74) is 3.71. The Morgan fingerprint density at radius 1 is 0.966 bits per heavy atom. The summed E-state index contributed by atoms with van der Waals surface area (Å²) in [6.45, 7) is 4.63. The van der Waals surface area contributed by atoms with E-state index < -0.39 is 0 Å². The highest BCUT2D eigenvalue weighted by molar-refractivity contribution is 5.95. The molecule has 7 nitrogen and oxygen atoms in total. The van der Waals surface area contributed by atoms with Crippen LogP contribution in [0.1, 0.15) is 16.7 Å². The summed E-state index contributed by atoms with van der Waals surface area (Å²) in [5.74, 6) is 0.886. The lowest BCUT2D eigenvalue weighted by molar-refractivity contribution is -0.885. The minimum absolute atomic E-state index is 0.0671. The quantitative estimate of drug-likeness (QED) is 0.589. The van der Waals surface area contributed by atoms with Crippen LogP contribution in [-0.4, -0.2) is 46.2 Å². The zero-order valence-electron chi connectivity index (χ0n) is 17.7. The van der Waals surface area contributed by atoms with Gasteiger partial charge in [-0.1, -0.05) is 24.3 Å². The number of likely N-dealkylation sites (N-methyl/N-ethyl adjacent to an activating group) is 1. The Hall–Kier alpha value is -3.06. The zero-order chi connectivity index (χ0) is 21.4. The first-order chi connectivity index (χ1) is 13.8. The van der Waals surface area contributed by atoms with E-state index in [2.05, 4.69) is 10.6 Å². The van der Waals surface area contributed by atoms with Crippen molar-refractivity contribution in [1.29, 1.82) is 0 Å². The third kappa shape index (κ3) is 6.22. The molecule has 1 atom stereocenters. The first-order valence-corrected chi connectivity index (χ1v) is 9.49. The smallest absolute Gasteiger partial charge is 0.275 e. The van der Waals surface area contributed by atoms with Gasteiger partial charge in [-0.25, -0.2) is 0 Å². The van der Waals surface area contributed by atoms with Crippen molar-refractivity contribution >= 4 is 17.5 Å². The van der Waals surface area contributed by atoms with E-state index in [1.807, 2.05) is 57.3 Å². The van der Waals surface area contributed by atoms with Crippen LogP contribution in [0, 0.1) is 13.8 Å². The molecule has 2 amide bonds. The van der Waals surface area contributed by atoms with Crippen LogP contribution in [0.3, 0.4) is 0 Å². The largest absolute Gasteiger partial charge is 0.493 e. The number of hydrogen-bond donors (Lipinski definition) is 3. The van der Waals surface area contributed by atoms with Crippen LogP contribution >= 0.6 is 0 Å². The first kappa shape index (κ1) is 22.2. The van der Waals surface area contributed by atoms with Gasteiger partial charge in [-0.05, 0) is 37.1 Å². The van der Waals surface area contributed by atoms with Crippen LogP contribution in [0.15, 0.2) is 36.4 Å². The lowest BCUT2D eigenvalue weighted by atomic mass is 10.1. The lowest BCUT2D eigenvalue weighted by Crippen LogP contribution is -3.08. The maximum Gasteiger partial charge on any atom is 0.275 e. The maximum absolute atomic E-state index is 12.2. The molecule has 0 fully saturated rings. The SMILES string of the molecule is COc1cccc(C[NH+](C)CC(=O)NCC(=O)Nc2c(C)cccc2C)c1OC. The molecule has 0 saturated carbocycles. The lowest BCUT2D eigenvalue weighted by Gasteiger charge is -2.17. The zero-order valence-corrected chi connectivity index (χ0v) is 17.7. The van der Waals surface area contributed by atoms with Crippen LogP contribution in [0.2, 0.25) is 0 Å². The van der Waals surface area contributed by atoms with Gasteiger partial charge in [0.05, 0.1) is 33.4 Å². The fourth-order valence-corrected chi connectivity index (χ4v) is 3.19. The number of benzene rings is 2. The Kier molecular flexibility index (Phi) is 8.03. The van der Waals surface area contributed by atoms with E-state index in [0.29, 0.717) is 18.0 Å². The molecular weight excluding hydrogens is 370 g/mol. The second-order valence-corrected chi connectivity index (χ2v) is 7.06. The number of hydrogen-bond acceptors (Lipinski definition) is 4. The molecule has 2 aromatic rings. The standard InChI is InChI=1S/C22H29N3O4/c1-15-8-6-9-16(2)21(15)24-19(26)12-23-20(27)14-25(3)13-17-10-7-11-18(28-4)22(17)29-5/h6-11H,12-14H2,1-5H3,(H,23,27)(H,24,26)/p+1. The number of aryl methyl sites for hydroxylation is 2. The topological polar surface area (TPSA) is 81.1 Å². The highest BCUT2D eigenvalue weighted by Gasteiger charge is 2.16. The fourth-order valence-electron chi connectivity index (χ4n) is 3.19. The van der Waals surface area contributed by atoms with Crippen LogP contribution in [-0.2, 0) is 16.1 Å². The molecule has 156 valence electrons. The third-order valence-electron chi connectivity index (χ3n) is 4.63. The van der Waals surface area contributed by atoms with Crippen LogP contribution in [0.4, 0.5) is 5.69 Å². The summed E-state index contributed by atoms with van der Waals surface area (Å²) in [4.78, 5) is 25.4. The highest BCUT2D eigenvalue weighted by atomic mass is 16.5. The van der Waals surface area contributed by atoms with Gasteiger partial charge < -0.3 is 25.0 Å². The van der Waals surface area contributed by atoms with Crippen molar-refractivity contribution in [2.45, 2.75) is 20.4 Å². The van der Waals surface area contributed by atoms with Gasteiger partial charge in [-0.3, -0.25) is 9.59 Å². The van der Waals surface area contributed by atoms with E-state index in [0.717, 1.165) is 27.3 Å². The molecular formula is C22H30N3O4+. The van der Waals surface area contributed by atoms with Crippen LogP contribution in [0.25, 0.3) is 0 Å². The molecule has 2 rings (SSSR count). The average molecular weight is 400 g/mol. The number of quaternary nitrogens is 1. The molecule has 1 unspecified atom stereocenters. The van der Waals surface area contributed by atoms with Gasteiger partial charge in [0.25, 0.3) is 5.91 Å². The van der Waals surface area contributed by atoms with E-state index in [4.69, 9.17) is 9.47 Å². The van der Waals surface area contributed by atoms with E-state index in [-0.39, 0.29) is 24.9 Å².